The van der Waals surface area contributed by atoms with E-state index in [2.05, 4.69) is 35.6 Å². The number of rotatable bonds is 4. The van der Waals surface area contributed by atoms with Gasteiger partial charge >= 0.3 is 0 Å². The minimum Gasteiger partial charge on any atom is -0.368 e. The van der Waals surface area contributed by atoms with Crippen LogP contribution in [0, 0.1) is 0 Å². The molecule has 1 aromatic heterocycles. The van der Waals surface area contributed by atoms with Gasteiger partial charge in [-0.05, 0) is 24.9 Å². The number of halogens is 1. The van der Waals surface area contributed by atoms with Gasteiger partial charge in [0.1, 0.15) is 11.3 Å². The summed E-state index contributed by atoms with van der Waals surface area (Å²) < 4.78 is 5.81. The van der Waals surface area contributed by atoms with Gasteiger partial charge in [-0.3, -0.25) is 4.90 Å². The summed E-state index contributed by atoms with van der Waals surface area (Å²) in [5.41, 5.74) is 0.978. The smallest absolute Gasteiger partial charge is 0.160 e. The zero-order chi connectivity index (χ0) is 13.8. The fraction of sp³-hybridized carbons (Fsp3) is 0.714. The van der Waals surface area contributed by atoms with Crippen LogP contribution in [0.2, 0.25) is 5.15 Å². The molecule has 1 fully saturated rings. The van der Waals surface area contributed by atoms with Crippen molar-refractivity contribution in [1.29, 1.82) is 0 Å². The average molecular weight is 284 g/mol. The van der Waals surface area contributed by atoms with Gasteiger partial charge in [-0.1, -0.05) is 32.4 Å². The lowest BCUT2D eigenvalue weighted by molar-refractivity contribution is -0.0343. The van der Waals surface area contributed by atoms with Gasteiger partial charge in [-0.25, -0.2) is 9.97 Å². The zero-order valence-corrected chi connectivity index (χ0v) is 12.7. The largest absolute Gasteiger partial charge is 0.368 e. The van der Waals surface area contributed by atoms with E-state index in [0.717, 1.165) is 44.2 Å². The summed E-state index contributed by atoms with van der Waals surface area (Å²) in [6.45, 7) is 10.1. The van der Waals surface area contributed by atoms with Crippen LogP contribution in [0.25, 0.3) is 0 Å². The third-order valence-corrected chi connectivity index (χ3v) is 3.50. The Kier molecular flexibility index (Phi) is 5.13. The molecule has 0 saturated carbocycles. The van der Waals surface area contributed by atoms with Gasteiger partial charge in [0.25, 0.3) is 0 Å². The van der Waals surface area contributed by atoms with E-state index in [1.807, 2.05) is 6.07 Å². The number of nitrogens with zero attached hydrogens (tertiary/aromatic N) is 3. The van der Waals surface area contributed by atoms with E-state index in [1.54, 1.807) is 0 Å². The Hall–Kier alpha value is -0.710. The zero-order valence-electron chi connectivity index (χ0n) is 11.9. The van der Waals surface area contributed by atoms with Crippen molar-refractivity contribution in [1.82, 2.24) is 14.9 Å². The molecule has 0 spiro atoms. The summed E-state index contributed by atoms with van der Waals surface area (Å²) in [6.07, 6.45) is 1.09. The SMILES string of the molecule is CCCN1CCOC(c2nc(Cl)cc(C(C)C)n2)C1. The molecule has 1 atom stereocenters. The maximum absolute atomic E-state index is 6.09. The highest BCUT2D eigenvalue weighted by Crippen LogP contribution is 2.23. The third-order valence-electron chi connectivity index (χ3n) is 3.30. The molecule has 0 amide bonds. The number of ether oxygens (including phenoxy) is 1. The third kappa shape index (κ3) is 3.88. The highest BCUT2D eigenvalue weighted by molar-refractivity contribution is 6.29. The van der Waals surface area contributed by atoms with Gasteiger partial charge in [0.15, 0.2) is 5.82 Å². The van der Waals surface area contributed by atoms with Crippen molar-refractivity contribution in [3.05, 3.63) is 22.7 Å². The maximum Gasteiger partial charge on any atom is 0.160 e. The monoisotopic (exact) mass is 283 g/mol. The van der Waals surface area contributed by atoms with Crippen molar-refractivity contribution >= 4 is 11.6 Å². The molecule has 19 heavy (non-hydrogen) atoms. The Bertz CT molecular complexity index is 423. The normalized spacial score (nSPS) is 21.0. The summed E-state index contributed by atoms with van der Waals surface area (Å²) in [6, 6.07) is 1.84. The first-order valence-electron chi connectivity index (χ1n) is 6.98. The second-order valence-electron chi connectivity index (χ2n) is 5.29. The van der Waals surface area contributed by atoms with E-state index in [0.29, 0.717) is 11.1 Å². The van der Waals surface area contributed by atoms with E-state index >= 15 is 0 Å². The number of hydrogen-bond donors (Lipinski definition) is 0. The first-order valence-corrected chi connectivity index (χ1v) is 7.36. The van der Waals surface area contributed by atoms with Crippen LogP contribution in [0.4, 0.5) is 0 Å². The van der Waals surface area contributed by atoms with Crippen LogP contribution < -0.4 is 0 Å². The molecular weight excluding hydrogens is 262 g/mol. The summed E-state index contributed by atoms with van der Waals surface area (Å²) >= 11 is 6.09. The van der Waals surface area contributed by atoms with Crippen LogP contribution >= 0.6 is 11.6 Å². The van der Waals surface area contributed by atoms with Crippen LogP contribution in [-0.2, 0) is 4.74 Å². The molecule has 106 valence electrons. The Morgan fingerprint density at radius 1 is 1.47 bits per heavy atom. The van der Waals surface area contributed by atoms with E-state index in [-0.39, 0.29) is 6.10 Å². The van der Waals surface area contributed by atoms with Crippen molar-refractivity contribution in [3.63, 3.8) is 0 Å². The Morgan fingerprint density at radius 3 is 2.95 bits per heavy atom. The fourth-order valence-corrected chi connectivity index (χ4v) is 2.47. The predicted molar refractivity (Wildman–Crippen MR) is 76.6 cm³/mol. The molecule has 4 nitrogen and oxygen atoms in total. The summed E-state index contributed by atoms with van der Waals surface area (Å²) in [5.74, 6) is 1.06. The minimum atomic E-state index is -0.0588. The summed E-state index contributed by atoms with van der Waals surface area (Å²) in [5, 5.41) is 0.505. The fourth-order valence-electron chi connectivity index (χ4n) is 2.27. The Labute approximate surface area is 120 Å². The van der Waals surface area contributed by atoms with Gasteiger partial charge in [0, 0.05) is 18.8 Å². The molecule has 2 rings (SSSR count). The second kappa shape index (κ2) is 6.64. The number of aromatic nitrogens is 2. The lowest BCUT2D eigenvalue weighted by Crippen LogP contribution is -2.39. The molecule has 1 saturated heterocycles. The average Bonchev–Trinajstić information content (AvgIpc) is 2.38. The van der Waals surface area contributed by atoms with Gasteiger partial charge in [0.05, 0.1) is 6.61 Å². The van der Waals surface area contributed by atoms with Crippen LogP contribution in [0.15, 0.2) is 6.07 Å². The van der Waals surface area contributed by atoms with Gasteiger partial charge in [-0.2, -0.15) is 0 Å². The van der Waals surface area contributed by atoms with Crippen molar-refractivity contribution in [2.75, 3.05) is 26.2 Å². The molecule has 1 aliphatic rings. The van der Waals surface area contributed by atoms with Crippen LogP contribution in [0.5, 0.6) is 0 Å². The van der Waals surface area contributed by atoms with Gasteiger partial charge in [0.2, 0.25) is 0 Å². The highest BCUT2D eigenvalue weighted by Gasteiger charge is 2.24. The topological polar surface area (TPSA) is 38.2 Å². The molecule has 1 unspecified atom stereocenters. The molecule has 1 aromatic rings. The highest BCUT2D eigenvalue weighted by atomic mass is 35.5. The van der Waals surface area contributed by atoms with E-state index < -0.39 is 0 Å². The van der Waals surface area contributed by atoms with Crippen molar-refractivity contribution in [2.24, 2.45) is 0 Å². The molecule has 0 bridgehead atoms. The van der Waals surface area contributed by atoms with E-state index in [9.17, 15) is 0 Å². The molecular formula is C14H22ClN3O. The Balaban J connectivity index is 2.16. The second-order valence-corrected chi connectivity index (χ2v) is 5.68. The minimum absolute atomic E-state index is 0.0588. The number of morpholine rings is 1. The lowest BCUT2D eigenvalue weighted by Gasteiger charge is -2.32. The summed E-state index contributed by atoms with van der Waals surface area (Å²) in [7, 11) is 0. The predicted octanol–water partition coefficient (Wildman–Crippen LogP) is 3.04. The van der Waals surface area contributed by atoms with E-state index in [1.165, 1.54) is 0 Å². The summed E-state index contributed by atoms with van der Waals surface area (Å²) in [4.78, 5) is 11.3. The first kappa shape index (κ1) is 14.7. The van der Waals surface area contributed by atoms with E-state index in [4.69, 9.17) is 16.3 Å². The van der Waals surface area contributed by atoms with Crippen molar-refractivity contribution in [2.45, 2.75) is 39.2 Å². The van der Waals surface area contributed by atoms with Crippen molar-refractivity contribution < 1.29 is 4.74 Å². The first-order chi connectivity index (χ1) is 9.10. The molecule has 0 aliphatic carbocycles. The Morgan fingerprint density at radius 2 is 2.26 bits per heavy atom. The molecule has 0 aromatic carbocycles. The molecule has 1 aliphatic heterocycles. The van der Waals surface area contributed by atoms with Gasteiger partial charge < -0.3 is 4.74 Å². The van der Waals surface area contributed by atoms with Crippen molar-refractivity contribution in [3.8, 4) is 0 Å². The number of hydrogen-bond acceptors (Lipinski definition) is 4. The molecule has 0 N–H and O–H groups in total. The van der Waals surface area contributed by atoms with Crippen LogP contribution in [-0.4, -0.2) is 41.1 Å². The molecule has 0 radical (unpaired) electrons. The maximum atomic E-state index is 6.09. The van der Waals surface area contributed by atoms with Crippen LogP contribution in [0.3, 0.4) is 0 Å². The lowest BCUT2D eigenvalue weighted by atomic mass is 10.1. The molecule has 2 heterocycles. The van der Waals surface area contributed by atoms with Crippen LogP contribution in [0.1, 0.15) is 50.7 Å². The van der Waals surface area contributed by atoms with Gasteiger partial charge in [-0.15, -0.1) is 0 Å². The quantitative estimate of drug-likeness (QED) is 0.796. The standard InChI is InChI=1S/C14H22ClN3O/c1-4-5-18-6-7-19-12(9-18)14-16-11(10(2)3)8-13(15)17-14/h8,10,12H,4-7,9H2,1-3H3. The molecule has 5 heteroatoms.